The highest BCUT2D eigenvalue weighted by Gasteiger charge is 2.41. The minimum absolute atomic E-state index is 0.0948. The summed E-state index contributed by atoms with van der Waals surface area (Å²) in [6.07, 6.45) is -4.97. The molecule has 8 nitrogen and oxygen atoms in total. The van der Waals surface area contributed by atoms with Gasteiger partial charge >= 0.3 is 12.1 Å². The number of nitrogens with one attached hydrogen (secondary N) is 1. The van der Waals surface area contributed by atoms with Crippen molar-refractivity contribution in [3.05, 3.63) is 100 Å². The third kappa shape index (κ3) is 6.08. The molecule has 1 heterocycles. The van der Waals surface area contributed by atoms with E-state index in [9.17, 15) is 33.3 Å². The van der Waals surface area contributed by atoms with Crippen LogP contribution in [0, 0.1) is 6.92 Å². The number of nitrogen functional groups attached to an aromatic ring is 1. The van der Waals surface area contributed by atoms with E-state index in [1.807, 2.05) is 0 Å². The van der Waals surface area contributed by atoms with E-state index in [-0.39, 0.29) is 52.9 Å². The first-order valence-corrected chi connectivity index (χ1v) is 13.2. The fourth-order valence-electron chi connectivity index (χ4n) is 5.08. The van der Waals surface area contributed by atoms with Crippen molar-refractivity contribution in [2.45, 2.75) is 45.1 Å². The summed E-state index contributed by atoms with van der Waals surface area (Å²) in [5, 5.41) is 32.1. The third-order valence-electron chi connectivity index (χ3n) is 7.60. The number of hydrogen-bond acceptors (Lipinski definition) is 7. The van der Waals surface area contributed by atoms with Crippen LogP contribution in [0.1, 0.15) is 56.7 Å². The highest BCUT2D eigenvalue weighted by Crippen LogP contribution is 2.44. The van der Waals surface area contributed by atoms with Gasteiger partial charge in [-0.3, -0.25) is 0 Å². The molecule has 44 heavy (non-hydrogen) atoms. The van der Waals surface area contributed by atoms with Crippen LogP contribution in [0.4, 0.5) is 33.3 Å². The lowest BCUT2D eigenvalue weighted by atomic mass is 9.92. The van der Waals surface area contributed by atoms with Gasteiger partial charge in [-0.2, -0.15) is 13.2 Å². The number of phenolic OH excluding ortho intramolecular Hbond substituents is 2. The lowest BCUT2D eigenvalue weighted by molar-refractivity contribution is -0.137. The van der Waals surface area contributed by atoms with Gasteiger partial charge < -0.3 is 36.2 Å². The number of carboxylic acids is 1. The van der Waals surface area contributed by atoms with Crippen molar-refractivity contribution in [1.82, 2.24) is 9.80 Å². The third-order valence-corrected chi connectivity index (χ3v) is 7.60. The summed E-state index contributed by atoms with van der Waals surface area (Å²) in [5.74, 6) is -5.51. The van der Waals surface area contributed by atoms with Crippen LogP contribution in [0.25, 0.3) is 5.70 Å². The van der Waals surface area contributed by atoms with Crippen LogP contribution >= 0.6 is 0 Å². The molecule has 13 heteroatoms. The second-order valence-corrected chi connectivity index (χ2v) is 10.8. The van der Waals surface area contributed by atoms with Crippen LogP contribution in [-0.2, 0) is 19.3 Å². The number of nitrogens with two attached hydrogens (primary N) is 1. The molecule has 0 fully saturated rings. The largest absolute Gasteiger partial charge is 0.504 e. The number of aromatic carboxylic acids is 1. The number of alkyl halides is 5. The van der Waals surface area contributed by atoms with Crippen molar-refractivity contribution in [2.75, 3.05) is 18.1 Å². The maximum absolute atomic E-state index is 15.2. The van der Waals surface area contributed by atoms with Crippen molar-refractivity contribution in [3.8, 4) is 11.5 Å². The molecule has 1 atom stereocenters. The number of halogens is 5. The highest BCUT2D eigenvalue weighted by molar-refractivity contribution is 5.94. The van der Waals surface area contributed by atoms with Gasteiger partial charge in [0.1, 0.15) is 11.9 Å². The Bertz CT molecular complexity index is 1670. The molecule has 6 N–H and O–H groups in total. The monoisotopic (exact) mass is 618 g/mol. The molecule has 0 amide bonds. The average Bonchev–Trinajstić information content (AvgIpc) is 3.37. The first-order valence-electron chi connectivity index (χ1n) is 13.2. The Labute approximate surface area is 250 Å². The summed E-state index contributed by atoms with van der Waals surface area (Å²) in [6, 6.07) is 5.96. The summed E-state index contributed by atoms with van der Waals surface area (Å²) in [6.45, 7) is 10.3. The smallest absolute Gasteiger partial charge is 0.416 e. The first kappa shape index (κ1) is 32.0. The Morgan fingerprint density at radius 2 is 1.70 bits per heavy atom. The van der Waals surface area contributed by atoms with Gasteiger partial charge in [-0.1, -0.05) is 30.9 Å². The first-order chi connectivity index (χ1) is 20.3. The summed E-state index contributed by atoms with van der Waals surface area (Å²) < 4.78 is 72.7. The van der Waals surface area contributed by atoms with Gasteiger partial charge in [-0.25, -0.2) is 13.6 Å². The molecule has 0 radical (unpaired) electrons. The Morgan fingerprint density at radius 3 is 2.30 bits per heavy atom. The maximum Gasteiger partial charge on any atom is 0.416 e. The molecular formula is C31H31F5N4O4. The van der Waals surface area contributed by atoms with Crippen LogP contribution in [-0.4, -0.2) is 44.1 Å². The fourth-order valence-corrected chi connectivity index (χ4v) is 5.08. The topological polar surface area (TPSA) is 122 Å². The molecule has 0 aromatic heterocycles. The molecule has 0 bridgehead atoms. The Hall–Kier alpha value is -4.94. The number of carboxylic acid groups (broad SMARTS) is 1. The van der Waals surface area contributed by atoms with Crippen LogP contribution < -0.4 is 11.1 Å². The summed E-state index contributed by atoms with van der Waals surface area (Å²) in [7, 11) is 1.46. The van der Waals surface area contributed by atoms with Crippen molar-refractivity contribution in [3.63, 3.8) is 0 Å². The second-order valence-electron chi connectivity index (χ2n) is 10.8. The number of anilines is 2. The molecule has 1 aliphatic rings. The van der Waals surface area contributed by atoms with Gasteiger partial charge in [0.05, 0.1) is 11.1 Å². The predicted octanol–water partition coefficient (Wildman–Crippen LogP) is 6.90. The number of phenols is 2. The van der Waals surface area contributed by atoms with Crippen LogP contribution in [0.2, 0.25) is 0 Å². The Balaban J connectivity index is 1.77. The molecule has 0 saturated heterocycles. The standard InChI is InChI=1S/C31H31F5N4O4/c1-15-6-8-24(21(10-15)29(43)44)38-28(30(4,32)33)22-12-19(31(34,35)36)11-20(26(22)37)16(2)39(5)17(3)40-13-18-7-9-25(41)27(42)23(18)14-40/h6-12,28,38,41-42H,2-3,13-14,37H2,1,4-5H3,(H,43,44). The zero-order valence-corrected chi connectivity index (χ0v) is 24.1. The lowest BCUT2D eigenvalue weighted by Crippen LogP contribution is -2.32. The second kappa shape index (κ2) is 11.3. The van der Waals surface area contributed by atoms with Gasteiger partial charge in [-0.05, 0) is 42.8 Å². The molecule has 0 spiro atoms. The van der Waals surface area contributed by atoms with Gasteiger partial charge in [0.15, 0.2) is 11.5 Å². The van der Waals surface area contributed by atoms with Crippen molar-refractivity contribution in [2.24, 2.45) is 0 Å². The summed E-state index contributed by atoms with van der Waals surface area (Å²) >= 11 is 0. The minimum atomic E-state index is -4.97. The highest BCUT2D eigenvalue weighted by atomic mass is 19.4. The van der Waals surface area contributed by atoms with E-state index in [1.165, 1.54) is 36.2 Å². The van der Waals surface area contributed by atoms with E-state index in [0.717, 1.165) is 0 Å². The van der Waals surface area contributed by atoms with E-state index >= 15 is 8.78 Å². The number of fused-ring (bicyclic) bond motifs is 1. The number of aromatic hydroxyl groups is 2. The minimum Gasteiger partial charge on any atom is -0.504 e. The van der Waals surface area contributed by atoms with Gasteiger partial charge in [0.25, 0.3) is 5.92 Å². The molecule has 3 aromatic rings. The molecule has 3 aromatic carbocycles. The summed E-state index contributed by atoms with van der Waals surface area (Å²) in [4.78, 5) is 14.9. The maximum atomic E-state index is 15.2. The number of rotatable bonds is 9. The van der Waals surface area contributed by atoms with E-state index in [2.05, 4.69) is 18.5 Å². The van der Waals surface area contributed by atoms with E-state index in [1.54, 1.807) is 17.9 Å². The van der Waals surface area contributed by atoms with Crippen molar-refractivity contribution < 1.29 is 42.1 Å². The summed E-state index contributed by atoms with van der Waals surface area (Å²) in [5.41, 5.74) is 4.68. The number of hydrogen-bond donors (Lipinski definition) is 5. The number of aryl methyl sites for hydroxylation is 1. The van der Waals surface area contributed by atoms with Crippen LogP contribution in [0.15, 0.2) is 61.4 Å². The SMILES string of the molecule is C=C(c1cc(C(F)(F)F)cc(C(Nc2ccc(C)cc2C(=O)O)C(C)(F)F)c1N)N(C)C(=C)N1Cc2ccc(O)c(O)c2C1. The number of nitrogens with zero attached hydrogens (tertiary/aromatic N) is 2. The lowest BCUT2D eigenvalue weighted by Gasteiger charge is -2.33. The average molecular weight is 619 g/mol. The molecule has 0 aliphatic carbocycles. The number of benzene rings is 3. The predicted molar refractivity (Wildman–Crippen MR) is 156 cm³/mol. The molecule has 1 unspecified atom stereocenters. The van der Waals surface area contributed by atoms with Crippen molar-refractivity contribution in [1.29, 1.82) is 0 Å². The Morgan fingerprint density at radius 1 is 1.05 bits per heavy atom. The van der Waals surface area contributed by atoms with Crippen LogP contribution in [0.5, 0.6) is 11.5 Å². The van der Waals surface area contributed by atoms with Gasteiger partial charge in [-0.15, -0.1) is 0 Å². The van der Waals surface area contributed by atoms with E-state index in [4.69, 9.17) is 5.73 Å². The fraction of sp³-hybridized carbons (Fsp3) is 0.258. The zero-order valence-electron chi connectivity index (χ0n) is 24.1. The van der Waals surface area contributed by atoms with Crippen molar-refractivity contribution >= 4 is 23.0 Å². The van der Waals surface area contributed by atoms with E-state index in [0.29, 0.717) is 35.7 Å². The molecule has 1 aliphatic heterocycles. The molecular weight excluding hydrogens is 587 g/mol. The van der Waals surface area contributed by atoms with Crippen LogP contribution in [0.3, 0.4) is 0 Å². The normalized spacial score (nSPS) is 13.8. The quantitative estimate of drug-likeness (QED) is 0.0997. The molecule has 0 saturated carbocycles. The van der Waals surface area contributed by atoms with E-state index < -0.39 is 40.9 Å². The zero-order chi connectivity index (χ0) is 32.9. The molecule has 234 valence electrons. The van der Waals surface area contributed by atoms with Gasteiger partial charge in [0, 0.05) is 60.8 Å². The number of carbonyl (C=O) groups is 1. The Kier molecular flexibility index (Phi) is 8.20. The van der Waals surface area contributed by atoms with Gasteiger partial charge in [0.2, 0.25) is 0 Å². The molecule has 4 rings (SSSR count).